The Morgan fingerprint density at radius 3 is 1.30 bits per heavy atom. The van der Waals surface area contributed by atoms with Gasteiger partial charge in [0.1, 0.15) is 0 Å². The van der Waals surface area contributed by atoms with E-state index in [2.05, 4.69) is 48.5 Å². The third-order valence-electron chi connectivity index (χ3n) is 2.70. The molecule has 2 nitrogen and oxygen atoms in total. The molecular weight excluding hydrogens is 288 g/mol. The van der Waals surface area contributed by atoms with Crippen molar-refractivity contribution in [2.45, 2.75) is 23.0 Å². The summed E-state index contributed by atoms with van der Waals surface area (Å²) in [6, 6.07) is 16.9. The first-order valence-electron chi connectivity index (χ1n) is 6.32. The molecule has 2 rings (SSSR count). The maximum atomic E-state index is 5.11. The Labute approximate surface area is 128 Å². The Morgan fingerprint density at radius 2 is 1.00 bits per heavy atom. The summed E-state index contributed by atoms with van der Waals surface area (Å²) >= 11 is 0. The molecule has 0 bridgehead atoms. The first-order valence-corrected chi connectivity index (χ1v) is 8.47. The molecular formula is C16H18O2S2. The predicted octanol–water partition coefficient (Wildman–Crippen LogP) is 4.78. The molecule has 0 atom stereocenters. The van der Waals surface area contributed by atoms with Crippen LogP contribution in [0.4, 0.5) is 0 Å². The largest absolute Gasteiger partial charge is 0.380 e. The van der Waals surface area contributed by atoms with E-state index < -0.39 is 0 Å². The number of benzene rings is 2. The number of hydrogen-bond donors (Lipinski definition) is 0. The van der Waals surface area contributed by atoms with Crippen molar-refractivity contribution in [2.24, 2.45) is 0 Å². The summed E-state index contributed by atoms with van der Waals surface area (Å²) in [5.41, 5.74) is 2.40. The molecule has 0 amide bonds. The van der Waals surface area contributed by atoms with Crippen molar-refractivity contribution < 1.29 is 9.47 Å². The van der Waals surface area contributed by atoms with Gasteiger partial charge in [-0.05, 0) is 35.4 Å². The van der Waals surface area contributed by atoms with Crippen molar-refractivity contribution in [3.63, 3.8) is 0 Å². The molecule has 0 spiro atoms. The van der Waals surface area contributed by atoms with Gasteiger partial charge in [-0.3, -0.25) is 0 Å². The molecule has 0 aliphatic heterocycles. The SMILES string of the molecule is COCc1ccc(SSc2ccc(COC)cc2)cc1. The van der Waals surface area contributed by atoms with E-state index in [1.807, 2.05) is 0 Å². The fourth-order valence-electron chi connectivity index (χ4n) is 1.71. The molecule has 0 unspecified atom stereocenters. The van der Waals surface area contributed by atoms with Crippen LogP contribution in [0.1, 0.15) is 11.1 Å². The maximum absolute atomic E-state index is 5.11. The average Bonchev–Trinajstić information content (AvgIpc) is 2.49. The molecule has 0 aliphatic carbocycles. The van der Waals surface area contributed by atoms with Gasteiger partial charge in [0.25, 0.3) is 0 Å². The van der Waals surface area contributed by atoms with Crippen LogP contribution in [0.5, 0.6) is 0 Å². The van der Waals surface area contributed by atoms with Gasteiger partial charge in [-0.25, -0.2) is 0 Å². The van der Waals surface area contributed by atoms with Crippen LogP contribution in [0.15, 0.2) is 58.3 Å². The second kappa shape index (κ2) is 8.37. The molecule has 0 heterocycles. The van der Waals surface area contributed by atoms with Gasteiger partial charge >= 0.3 is 0 Å². The smallest absolute Gasteiger partial charge is 0.0713 e. The fraction of sp³-hybridized carbons (Fsp3) is 0.250. The lowest BCUT2D eigenvalue weighted by molar-refractivity contribution is 0.185. The van der Waals surface area contributed by atoms with E-state index in [-0.39, 0.29) is 0 Å². The van der Waals surface area contributed by atoms with E-state index >= 15 is 0 Å². The Kier molecular flexibility index (Phi) is 6.47. The Balaban J connectivity index is 1.87. The van der Waals surface area contributed by atoms with Crippen LogP contribution >= 0.6 is 21.6 Å². The lowest BCUT2D eigenvalue weighted by atomic mass is 10.2. The first kappa shape index (κ1) is 15.4. The van der Waals surface area contributed by atoms with Crippen molar-refractivity contribution in [1.82, 2.24) is 0 Å². The van der Waals surface area contributed by atoms with E-state index in [1.54, 1.807) is 35.8 Å². The van der Waals surface area contributed by atoms with E-state index in [9.17, 15) is 0 Å². The van der Waals surface area contributed by atoms with Gasteiger partial charge in [0.05, 0.1) is 13.2 Å². The van der Waals surface area contributed by atoms with Crippen LogP contribution in [0.25, 0.3) is 0 Å². The molecule has 4 heteroatoms. The first-order chi connectivity index (χ1) is 9.81. The number of hydrogen-bond acceptors (Lipinski definition) is 4. The van der Waals surface area contributed by atoms with Crippen molar-refractivity contribution in [3.05, 3.63) is 59.7 Å². The van der Waals surface area contributed by atoms with Gasteiger partial charge in [-0.1, -0.05) is 45.9 Å². The van der Waals surface area contributed by atoms with Crippen molar-refractivity contribution in [1.29, 1.82) is 0 Å². The fourth-order valence-corrected chi connectivity index (χ4v) is 3.64. The van der Waals surface area contributed by atoms with Crippen LogP contribution in [-0.4, -0.2) is 14.2 Å². The zero-order valence-electron chi connectivity index (χ0n) is 11.7. The third kappa shape index (κ3) is 4.87. The van der Waals surface area contributed by atoms with Gasteiger partial charge in [0.15, 0.2) is 0 Å². The van der Waals surface area contributed by atoms with Gasteiger partial charge in [-0.2, -0.15) is 0 Å². The minimum absolute atomic E-state index is 0.666. The molecule has 0 radical (unpaired) electrons. The van der Waals surface area contributed by atoms with Crippen LogP contribution in [-0.2, 0) is 22.7 Å². The van der Waals surface area contributed by atoms with Crippen LogP contribution < -0.4 is 0 Å². The van der Waals surface area contributed by atoms with Crippen LogP contribution in [0.3, 0.4) is 0 Å². The van der Waals surface area contributed by atoms with Crippen LogP contribution in [0, 0.1) is 0 Å². The van der Waals surface area contributed by atoms with Gasteiger partial charge in [0.2, 0.25) is 0 Å². The number of ether oxygens (including phenoxy) is 2. The summed E-state index contributed by atoms with van der Waals surface area (Å²) in [6.07, 6.45) is 0. The molecule has 20 heavy (non-hydrogen) atoms. The minimum Gasteiger partial charge on any atom is -0.380 e. The Morgan fingerprint density at radius 1 is 0.650 bits per heavy atom. The monoisotopic (exact) mass is 306 g/mol. The summed E-state index contributed by atoms with van der Waals surface area (Å²) in [4.78, 5) is 2.49. The minimum atomic E-state index is 0.666. The topological polar surface area (TPSA) is 18.5 Å². The highest BCUT2D eigenvalue weighted by Gasteiger charge is 1.99. The van der Waals surface area contributed by atoms with Gasteiger partial charge in [0, 0.05) is 24.0 Å². The second-order valence-electron chi connectivity index (χ2n) is 4.32. The zero-order valence-corrected chi connectivity index (χ0v) is 13.3. The van der Waals surface area contributed by atoms with Crippen molar-refractivity contribution >= 4 is 21.6 Å². The zero-order chi connectivity index (χ0) is 14.2. The summed E-state index contributed by atoms with van der Waals surface area (Å²) in [5.74, 6) is 0. The lowest BCUT2D eigenvalue weighted by Gasteiger charge is -2.04. The van der Waals surface area contributed by atoms with Gasteiger partial charge < -0.3 is 9.47 Å². The molecule has 0 saturated heterocycles. The van der Waals surface area contributed by atoms with E-state index in [4.69, 9.17) is 9.47 Å². The highest BCUT2D eigenvalue weighted by atomic mass is 33.1. The Hall–Kier alpha value is -0.940. The third-order valence-corrected chi connectivity index (χ3v) is 5.12. The normalized spacial score (nSPS) is 10.7. The lowest BCUT2D eigenvalue weighted by Crippen LogP contribution is -1.86. The summed E-state index contributed by atoms with van der Waals surface area (Å²) in [6.45, 7) is 1.33. The van der Waals surface area contributed by atoms with Crippen molar-refractivity contribution in [3.8, 4) is 0 Å². The van der Waals surface area contributed by atoms with E-state index in [1.165, 1.54) is 20.9 Å². The van der Waals surface area contributed by atoms with Crippen molar-refractivity contribution in [2.75, 3.05) is 14.2 Å². The highest BCUT2D eigenvalue weighted by Crippen LogP contribution is 2.37. The summed E-state index contributed by atoms with van der Waals surface area (Å²) in [5, 5.41) is 0. The summed E-state index contributed by atoms with van der Waals surface area (Å²) < 4.78 is 10.2. The van der Waals surface area contributed by atoms with Crippen LogP contribution in [0.2, 0.25) is 0 Å². The standard InChI is InChI=1S/C16H18O2S2/c1-17-11-13-3-7-15(8-4-13)19-20-16-9-5-14(6-10-16)12-18-2/h3-10H,11-12H2,1-2H3. The van der Waals surface area contributed by atoms with E-state index in [0.717, 1.165) is 0 Å². The molecule has 2 aromatic rings. The quantitative estimate of drug-likeness (QED) is 0.685. The molecule has 2 aromatic carbocycles. The molecule has 0 N–H and O–H groups in total. The molecule has 106 valence electrons. The molecule has 0 fully saturated rings. The van der Waals surface area contributed by atoms with Gasteiger partial charge in [-0.15, -0.1) is 0 Å². The second-order valence-corrected chi connectivity index (χ2v) is 6.60. The van der Waals surface area contributed by atoms with E-state index in [0.29, 0.717) is 13.2 Å². The Bertz CT molecular complexity index is 460. The number of methoxy groups -OCH3 is 2. The highest BCUT2D eigenvalue weighted by molar-refractivity contribution is 8.76. The number of rotatable bonds is 7. The summed E-state index contributed by atoms with van der Waals surface area (Å²) in [7, 11) is 6.96. The molecule has 0 aromatic heterocycles. The maximum Gasteiger partial charge on any atom is 0.0713 e. The molecule has 0 aliphatic rings. The average molecular weight is 306 g/mol. The predicted molar refractivity (Wildman–Crippen MR) is 86.0 cm³/mol. The molecule has 0 saturated carbocycles.